The molecule has 0 spiro atoms. The molecule has 0 amide bonds. The van der Waals surface area contributed by atoms with E-state index in [1.807, 2.05) is 11.9 Å². The molecule has 0 N–H and O–H groups in total. The third-order valence-corrected chi connectivity index (χ3v) is 3.75. The Morgan fingerprint density at radius 2 is 1.85 bits per heavy atom. The number of hydrogen-bond acceptors (Lipinski definition) is 4. The third kappa shape index (κ3) is 2.75. The smallest absolute Gasteiger partial charge is 0.275 e. The monoisotopic (exact) mass is 281 g/mol. The van der Waals surface area contributed by atoms with Crippen LogP contribution in [0.1, 0.15) is 25.3 Å². The molecule has 0 radical (unpaired) electrons. The number of rotatable bonds is 3. The Morgan fingerprint density at radius 3 is 2.35 bits per heavy atom. The van der Waals surface area contributed by atoms with Gasteiger partial charge in [-0.1, -0.05) is 13.8 Å². The summed E-state index contributed by atoms with van der Waals surface area (Å²) < 4.78 is 14.7. The summed E-state index contributed by atoms with van der Waals surface area (Å²) in [5.41, 5.74) is 0.550. The van der Waals surface area contributed by atoms with Crippen LogP contribution in [-0.4, -0.2) is 43.0 Å². The summed E-state index contributed by atoms with van der Waals surface area (Å²) in [6, 6.07) is 2.96. The van der Waals surface area contributed by atoms with E-state index in [1.165, 1.54) is 12.1 Å². The first-order valence-corrected chi connectivity index (χ1v) is 6.82. The minimum absolute atomic E-state index is 0.129. The average Bonchev–Trinajstić information content (AvgIpc) is 2.39. The number of hydrogen-bond donors (Lipinski definition) is 0. The van der Waals surface area contributed by atoms with Crippen LogP contribution in [0.5, 0.6) is 0 Å². The predicted octanol–water partition coefficient (Wildman–Crippen LogP) is 2.61. The summed E-state index contributed by atoms with van der Waals surface area (Å²) >= 11 is 0. The molecular weight excluding hydrogens is 261 g/mol. The lowest BCUT2D eigenvalue weighted by atomic mass is 9.99. The number of nitro benzene ring substituents is 1. The molecule has 0 unspecified atom stereocenters. The lowest BCUT2D eigenvalue weighted by Gasteiger charge is -2.34. The lowest BCUT2D eigenvalue weighted by molar-refractivity contribution is -0.385. The summed E-state index contributed by atoms with van der Waals surface area (Å²) in [4.78, 5) is 14.7. The third-order valence-electron chi connectivity index (χ3n) is 3.75. The maximum absolute atomic E-state index is 14.7. The van der Waals surface area contributed by atoms with Crippen LogP contribution in [0.15, 0.2) is 12.1 Å². The SMILES string of the molecule is CC(C)c1c([N+](=O)[O-])ccc(N2CCN(C)CC2)c1F. The molecule has 1 aromatic carbocycles. The number of likely N-dealkylation sites (N-methyl/N-ethyl adjacent to an activating group) is 1. The van der Waals surface area contributed by atoms with Gasteiger partial charge in [0.15, 0.2) is 5.82 Å². The van der Waals surface area contributed by atoms with Gasteiger partial charge >= 0.3 is 0 Å². The maximum atomic E-state index is 14.7. The van der Waals surface area contributed by atoms with Gasteiger partial charge in [-0.2, -0.15) is 0 Å². The molecule has 0 atom stereocenters. The fourth-order valence-electron chi connectivity index (χ4n) is 2.57. The molecule has 1 aliphatic heterocycles. The highest BCUT2D eigenvalue weighted by atomic mass is 19.1. The Hall–Kier alpha value is -1.69. The fourth-order valence-corrected chi connectivity index (χ4v) is 2.57. The second kappa shape index (κ2) is 5.75. The van der Waals surface area contributed by atoms with Gasteiger partial charge in [0, 0.05) is 32.2 Å². The van der Waals surface area contributed by atoms with Gasteiger partial charge in [-0.25, -0.2) is 4.39 Å². The molecule has 1 fully saturated rings. The van der Waals surface area contributed by atoms with E-state index >= 15 is 0 Å². The first-order chi connectivity index (χ1) is 9.41. The summed E-state index contributed by atoms with van der Waals surface area (Å²) in [6.07, 6.45) is 0. The van der Waals surface area contributed by atoms with Crippen LogP contribution < -0.4 is 4.90 Å². The largest absolute Gasteiger partial charge is 0.367 e. The van der Waals surface area contributed by atoms with Crippen molar-refractivity contribution in [2.75, 3.05) is 38.1 Å². The van der Waals surface area contributed by atoms with E-state index in [-0.39, 0.29) is 17.2 Å². The molecule has 5 nitrogen and oxygen atoms in total. The lowest BCUT2D eigenvalue weighted by Crippen LogP contribution is -2.44. The first-order valence-electron chi connectivity index (χ1n) is 6.82. The molecule has 110 valence electrons. The van der Waals surface area contributed by atoms with Crippen molar-refractivity contribution in [1.82, 2.24) is 4.90 Å². The summed E-state index contributed by atoms with van der Waals surface area (Å²) in [5, 5.41) is 11.0. The standard InChI is InChI=1S/C14H20FN3O2/c1-10(2)13-11(18(19)20)4-5-12(14(13)15)17-8-6-16(3)7-9-17/h4-5,10H,6-9H2,1-3H3. The Morgan fingerprint density at radius 1 is 1.25 bits per heavy atom. The van der Waals surface area contributed by atoms with Crippen LogP contribution in [0, 0.1) is 15.9 Å². The predicted molar refractivity (Wildman–Crippen MR) is 76.9 cm³/mol. The second-order valence-corrected chi connectivity index (χ2v) is 5.53. The van der Waals surface area contributed by atoms with Crippen molar-refractivity contribution in [2.24, 2.45) is 0 Å². The maximum Gasteiger partial charge on any atom is 0.275 e. The van der Waals surface area contributed by atoms with E-state index < -0.39 is 10.7 Å². The summed E-state index contributed by atoms with van der Waals surface area (Å²) in [5.74, 6) is -0.665. The first kappa shape index (κ1) is 14.7. The molecule has 0 saturated carbocycles. The van der Waals surface area contributed by atoms with Crippen LogP contribution in [0.2, 0.25) is 0 Å². The molecule has 20 heavy (non-hydrogen) atoms. The van der Waals surface area contributed by atoms with E-state index in [4.69, 9.17) is 0 Å². The van der Waals surface area contributed by atoms with Crippen molar-refractivity contribution in [3.05, 3.63) is 33.6 Å². The molecular formula is C14H20FN3O2. The topological polar surface area (TPSA) is 49.6 Å². The molecule has 0 aromatic heterocycles. The van der Waals surface area contributed by atoms with Crippen molar-refractivity contribution >= 4 is 11.4 Å². The van der Waals surface area contributed by atoms with Crippen LogP contribution in [-0.2, 0) is 0 Å². The Kier molecular flexibility index (Phi) is 4.23. The minimum Gasteiger partial charge on any atom is -0.367 e. The van der Waals surface area contributed by atoms with E-state index in [0.29, 0.717) is 5.69 Å². The number of halogens is 1. The van der Waals surface area contributed by atoms with Crippen molar-refractivity contribution < 1.29 is 9.31 Å². The van der Waals surface area contributed by atoms with Crippen LogP contribution in [0.25, 0.3) is 0 Å². The van der Waals surface area contributed by atoms with Gasteiger partial charge in [-0.05, 0) is 19.0 Å². The molecule has 0 aliphatic carbocycles. The van der Waals surface area contributed by atoms with Crippen LogP contribution in [0.4, 0.5) is 15.8 Å². The molecule has 2 rings (SSSR count). The van der Waals surface area contributed by atoms with Crippen molar-refractivity contribution in [3.8, 4) is 0 Å². The summed E-state index contributed by atoms with van der Waals surface area (Å²) in [7, 11) is 2.03. The van der Waals surface area contributed by atoms with E-state index in [0.717, 1.165) is 26.2 Å². The Labute approximate surface area is 118 Å². The van der Waals surface area contributed by atoms with Gasteiger partial charge in [0.25, 0.3) is 5.69 Å². The Bertz CT molecular complexity index is 511. The van der Waals surface area contributed by atoms with E-state index in [2.05, 4.69) is 4.90 Å². The zero-order valence-corrected chi connectivity index (χ0v) is 12.1. The quantitative estimate of drug-likeness (QED) is 0.631. The van der Waals surface area contributed by atoms with Gasteiger partial charge in [-0.3, -0.25) is 10.1 Å². The van der Waals surface area contributed by atoms with Gasteiger partial charge in [0.05, 0.1) is 16.2 Å². The normalized spacial score (nSPS) is 16.8. The van der Waals surface area contributed by atoms with E-state index in [1.54, 1.807) is 13.8 Å². The molecule has 1 aromatic rings. The zero-order valence-electron chi connectivity index (χ0n) is 12.1. The molecule has 1 saturated heterocycles. The van der Waals surface area contributed by atoms with Gasteiger partial charge in [-0.15, -0.1) is 0 Å². The molecule has 1 aliphatic rings. The molecule has 1 heterocycles. The summed E-state index contributed by atoms with van der Waals surface area (Å²) in [6.45, 7) is 6.77. The average molecular weight is 281 g/mol. The van der Waals surface area contributed by atoms with Crippen molar-refractivity contribution in [1.29, 1.82) is 0 Å². The van der Waals surface area contributed by atoms with Crippen LogP contribution >= 0.6 is 0 Å². The van der Waals surface area contributed by atoms with Crippen LogP contribution in [0.3, 0.4) is 0 Å². The van der Waals surface area contributed by atoms with Crippen molar-refractivity contribution in [3.63, 3.8) is 0 Å². The number of nitro groups is 1. The highest BCUT2D eigenvalue weighted by Crippen LogP contribution is 2.34. The number of anilines is 1. The highest BCUT2D eigenvalue weighted by molar-refractivity contribution is 5.58. The van der Waals surface area contributed by atoms with Gasteiger partial charge in [0.2, 0.25) is 0 Å². The van der Waals surface area contributed by atoms with Gasteiger partial charge < -0.3 is 9.80 Å². The highest BCUT2D eigenvalue weighted by Gasteiger charge is 2.26. The zero-order chi connectivity index (χ0) is 14.9. The van der Waals surface area contributed by atoms with E-state index in [9.17, 15) is 14.5 Å². The molecule has 6 heteroatoms. The minimum atomic E-state index is -0.508. The fraction of sp³-hybridized carbons (Fsp3) is 0.571. The number of benzene rings is 1. The molecule has 0 bridgehead atoms. The van der Waals surface area contributed by atoms with Gasteiger partial charge in [0.1, 0.15) is 0 Å². The second-order valence-electron chi connectivity index (χ2n) is 5.53. The Balaban J connectivity index is 2.40. The number of piperazine rings is 1. The number of nitrogens with zero attached hydrogens (tertiary/aromatic N) is 3. The van der Waals surface area contributed by atoms with Crippen molar-refractivity contribution in [2.45, 2.75) is 19.8 Å².